The molecule has 29 heavy (non-hydrogen) atoms. The van der Waals surface area contributed by atoms with Gasteiger partial charge in [0.05, 0.1) is 16.3 Å². The number of nitrogens with zero attached hydrogens (tertiary/aromatic N) is 1. The van der Waals surface area contributed by atoms with E-state index in [4.69, 9.17) is 27.9 Å². The summed E-state index contributed by atoms with van der Waals surface area (Å²) in [4.78, 5) is 28.4. The van der Waals surface area contributed by atoms with Crippen LogP contribution in [0.3, 0.4) is 0 Å². The zero-order valence-corrected chi connectivity index (χ0v) is 18.0. The van der Waals surface area contributed by atoms with Crippen molar-refractivity contribution < 1.29 is 14.3 Å². The molecule has 1 aromatic carbocycles. The van der Waals surface area contributed by atoms with Gasteiger partial charge < -0.3 is 15.4 Å². The Labute approximate surface area is 179 Å². The molecule has 2 aromatic rings. The molecule has 1 aromatic heterocycles. The lowest BCUT2D eigenvalue weighted by molar-refractivity contribution is 0.0500. The number of alkyl carbamates (subject to hydrolysis) is 1. The lowest BCUT2D eigenvalue weighted by atomic mass is 9.88. The van der Waals surface area contributed by atoms with Crippen LogP contribution < -0.4 is 10.6 Å². The number of hydrogen-bond acceptors (Lipinski definition) is 4. The second-order valence-electron chi connectivity index (χ2n) is 7.97. The van der Waals surface area contributed by atoms with E-state index < -0.39 is 11.7 Å². The zero-order chi connectivity index (χ0) is 21.2. The molecule has 0 saturated heterocycles. The Morgan fingerprint density at radius 3 is 2.59 bits per heavy atom. The van der Waals surface area contributed by atoms with E-state index in [1.54, 1.807) is 18.2 Å². The lowest BCUT2D eigenvalue weighted by Crippen LogP contribution is -2.41. The average Bonchev–Trinajstić information content (AvgIpc) is 2.63. The van der Waals surface area contributed by atoms with E-state index in [0.717, 1.165) is 17.5 Å². The molecular formula is C21H23Cl2N3O3. The molecule has 8 heteroatoms. The van der Waals surface area contributed by atoms with E-state index in [9.17, 15) is 9.59 Å². The fourth-order valence-corrected chi connectivity index (χ4v) is 3.65. The molecule has 2 N–H and O–H groups in total. The third kappa shape index (κ3) is 5.61. The van der Waals surface area contributed by atoms with Crippen LogP contribution in [0.15, 0.2) is 30.5 Å². The second kappa shape index (κ2) is 8.59. The molecule has 0 fully saturated rings. The molecule has 6 nitrogen and oxygen atoms in total. The van der Waals surface area contributed by atoms with E-state index in [1.165, 1.54) is 6.20 Å². The third-order valence-electron chi connectivity index (χ3n) is 4.51. The van der Waals surface area contributed by atoms with Crippen molar-refractivity contribution in [3.05, 3.63) is 57.3 Å². The molecule has 3 rings (SSSR count). The van der Waals surface area contributed by atoms with Crippen LogP contribution >= 0.6 is 23.2 Å². The fraction of sp³-hybridized carbons (Fsp3) is 0.381. The first-order chi connectivity index (χ1) is 13.6. The molecular weight excluding hydrogens is 413 g/mol. The summed E-state index contributed by atoms with van der Waals surface area (Å²) in [6.07, 6.45) is 3.09. The van der Waals surface area contributed by atoms with Crippen molar-refractivity contribution in [1.82, 2.24) is 10.3 Å². The van der Waals surface area contributed by atoms with Gasteiger partial charge >= 0.3 is 6.09 Å². The number of fused-ring (bicyclic) bond motifs is 1. The Morgan fingerprint density at radius 2 is 1.93 bits per heavy atom. The summed E-state index contributed by atoms with van der Waals surface area (Å²) in [7, 11) is 0. The van der Waals surface area contributed by atoms with Crippen molar-refractivity contribution in [3.8, 4) is 0 Å². The molecule has 0 unspecified atom stereocenters. The Balaban J connectivity index is 1.68. The van der Waals surface area contributed by atoms with E-state index in [-0.39, 0.29) is 11.9 Å². The highest BCUT2D eigenvalue weighted by Crippen LogP contribution is 2.34. The van der Waals surface area contributed by atoms with Gasteiger partial charge in [-0.2, -0.15) is 0 Å². The van der Waals surface area contributed by atoms with Crippen LogP contribution in [-0.2, 0) is 17.6 Å². The number of rotatable bonds is 3. The number of nitrogens with one attached hydrogen (secondary N) is 2. The predicted octanol–water partition coefficient (Wildman–Crippen LogP) is 5.02. The van der Waals surface area contributed by atoms with Gasteiger partial charge in [-0.05, 0) is 69.4 Å². The van der Waals surface area contributed by atoms with Crippen molar-refractivity contribution in [2.45, 2.75) is 51.7 Å². The van der Waals surface area contributed by atoms with Crippen LogP contribution in [0.4, 0.5) is 10.5 Å². The van der Waals surface area contributed by atoms with Gasteiger partial charge in [0.1, 0.15) is 10.8 Å². The molecule has 154 valence electrons. The number of amides is 2. The highest BCUT2D eigenvalue weighted by atomic mass is 35.5. The molecule has 0 bridgehead atoms. The predicted molar refractivity (Wildman–Crippen MR) is 114 cm³/mol. The standard InChI is InChI=1S/C21H23Cl2N3O3/c1-21(2,3)29-20(28)25-14-6-7-15-12(10-14)4-8-16(18(15)23)26-19(27)13-5-9-17(22)24-11-13/h4-5,8-9,11,14H,6-7,10H2,1-3H3,(H,25,28)(H,26,27)/t14-/m0/s1. The molecule has 0 aliphatic heterocycles. The summed E-state index contributed by atoms with van der Waals surface area (Å²) in [5, 5.41) is 6.58. The van der Waals surface area contributed by atoms with E-state index in [0.29, 0.717) is 34.3 Å². The third-order valence-corrected chi connectivity index (χ3v) is 5.16. The van der Waals surface area contributed by atoms with Gasteiger partial charge in [-0.1, -0.05) is 29.3 Å². The van der Waals surface area contributed by atoms with E-state index in [2.05, 4.69) is 15.6 Å². The van der Waals surface area contributed by atoms with Crippen molar-refractivity contribution in [2.24, 2.45) is 0 Å². The average molecular weight is 436 g/mol. The quantitative estimate of drug-likeness (QED) is 0.662. The van der Waals surface area contributed by atoms with Gasteiger partial charge in [0.15, 0.2) is 0 Å². The molecule has 1 aliphatic rings. The largest absolute Gasteiger partial charge is 0.444 e. The van der Waals surface area contributed by atoms with Gasteiger partial charge in [-0.3, -0.25) is 4.79 Å². The molecule has 1 atom stereocenters. The Bertz CT molecular complexity index is 924. The Morgan fingerprint density at radius 1 is 1.17 bits per heavy atom. The monoisotopic (exact) mass is 435 g/mol. The van der Waals surface area contributed by atoms with Crippen molar-refractivity contribution in [3.63, 3.8) is 0 Å². The normalized spacial score (nSPS) is 16.0. The van der Waals surface area contributed by atoms with E-state index in [1.807, 2.05) is 26.8 Å². The molecule has 1 heterocycles. The summed E-state index contributed by atoms with van der Waals surface area (Å²) < 4.78 is 5.33. The van der Waals surface area contributed by atoms with Crippen LogP contribution in [0.1, 0.15) is 48.7 Å². The number of benzene rings is 1. The van der Waals surface area contributed by atoms with Crippen LogP contribution in [0.2, 0.25) is 10.2 Å². The molecule has 0 radical (unpaired) electrons. The highest BCUT2D eigenvalue weighted by molar-refractivity contribution is 6.35. The summed E-state index contributed by atoms with van der Waals surface area (Å²) in [6.45, 7) is 5.50. The highest BCUT2D eigenvalue weighted by Gasteiger charge is 2.25. The van der Waals surface area contributed by atoms with Gasteiger partial charge in [-0.15, -0.1) is 0 Å². The van der Waals surface area contributed by atoms with Gasteiger partial charge in [-0.25, -0.2) is 9.78 Å². The SMILES string of the molecule is CC(C)(C)OC(=O)N[C@H]1CCc2c(ccc(NC(=O)c3ccc(Cl)nc3)c2Cl)C1. The molecule has 1 aliphatic carbocycles. The number of halogens is 2. The minimum Gasteiger partial charge on any atom is -0.444 e. The topological polar surface area (TPSA) is 80.3 Å². The first-order valence-corrected chi connectivity index (χ1v) is 10.1. The summed E-state index contributed by atoms with van der Waals surface area (Å²) in [5.74, 6) is -0.309. The minimum absolute atomic E-state index is 0.0194. The number of ether oxygens (including phenoxy) is 1. The molecule has 0 spiro atoms. The summed E-state index contributed by atoms with van der Waals surface area (Å²) in [6, 6.07) is 6.85. The fourth-order valence-electron chi connectivity index (χ4n) is 3.21. The van der Waals surface area contributed by atoms with Crippen LogP contribution in [-0.4, -0.2) is 28.6 Å². The van der Waals surface area contributed by atoms with Crippen molar-refractivity contribution >= 4 is 40.9 Å². The van der Waals surface area contributed by atoms with Crippen LogP contribution in [0.5, 0.6) is 0 Å². The van der Waals surface area contributed by atoms with Crippen LogP contribution in [0, 0.1) is 0 Å². The number of carbonyl (C=O) groups excluding carboxylic acids is 2. The van der Waals surface area contributed by atoms with E-state index >= 15 is 0 Å². The van der Waals surface area contributed by atoms with Crippen molar-refractivity contribution in [2.75, 3.05) is 5.32 Å². The Kier molecular flexibility index (Phi) is 6.34. The number of carbonyl (C=O) groups is 2. The maximum atomic E-state index is 12.4. The van der Waals surface area contributed by atoms with Gasteiger partial charge in [0.2, 0.25) is 0 Å². The maximum Gasteiger partial charge on any atom is 0.407 e. The number of pyridine rings is 1. The summed E-state index contributed by atoms with van der Waals surface area (Å²) in [5.41, 5.74) is 2.44. The lowest BCUT2D eigenvalue weighted by Gasteiger charge is -2.28. The number of aromatic nitrogens is 1. The molecule has 0 saturated carbocycles. The first-order valence-electron chi connectivity index (χ1n) is 9.35. The number of hydrogen-bond donors (Lipinski definition) is 2. The van der Waals surface area contributed by atoms with Crippen molar-refractivity contribution in [1.29, 1.82) is 0 Å². The maximum absolute atomic E-state index is 12.4. The second-order valence-corrected chi connectivity index (χ2v) is 8.74. The zero-order valence-electron chi connectivity index (χ0n) is 16.5. The first kappa shape index (κ1) is 21.4. The molecule has 2 amide bonds. The van der Waals surface area contributed by atoms with Crippen LogP contribution in [0.25, 0.3) is 0 Å². The smallest absolute Gasteiger partial charge is 0.407 e. The van der Waals surface area contributed by atoms with Gasteiger partial charge in [0, 0.05) is 12.2 Å². The summed E-state index contributed by atoms with van der Waals surface area (Å²) >= 11 is 12.3. The number of anilines is 1. The van der Waals surface area contributed by atoms with Gasteiger partial charge in [0.25, 0.3) is 5.91 Å². The Hall–Kier alpha value is -2.31. The minimum atomic E-state index is -0.535.